The van der Waals surface area contributed by atoms with Crippen LogP contribution < -0.4 is 5.32 Å². The molecule has 7 heteroatoms. The fourth-order valence-corrected chi connectivity index (χ4v) is 1.88. The van der Waals surface area contributed by atoms with Crippen molar-refractivity contribution in [3.05, 3.63) is 29.3 Å². The number of rotatable bonds is 5. The number of amides is 1. The highest BCUT2D eigenvalue weighted by Crippen LogP contribution is 2.21. The fourth-order valence-electron chi connectivity index (χ4n) is 1.88. The molecule has 1 rings (SSSR count). The van der Waals surface area contributed by atoms with Gasteiger partial charge in [-0.3, -0.25) is 4.79 Å². The standard InChI is InChI=1S/C13H18F2N2O3/c1-13(20,7-17(2)3)6-16-12(19)11-9(15)4-8(14)5-10(11)18/h4-5,18,20H,6-7H2,1-3H3,(H,16,19). The Morgan fingerprint density at radius 2 is 2.00 bits per heavy atom. The lowest BCUT2D eigenvalue weighted by atomic mass is 10.1. The van der Waals surface area contributed by atoms with Crippen LogP contribution in [0.5, 0.6) is 5.75 Å². The molecule has 0 bridgehead atoms. The molecule has 0 aliphatic rings. The second kappa shape index (κ2) is 6.15. The van der Waals surface area contributed by atoms with Crippen molar-refractivity contribution in [2.24, 2.45) is 0 Å². The summed E-state index contributed by atoms with van der Waals surface area (Å²) < 4.78 is 26.3. The van der Waals surface area contributed by atoms with E-state index in [1.54, 1.807) is 19.0 Å². The lowest BCUT2D eigenvalue weighted by Gasteiger charge is -2.27. The Morgan fingerprint density at radius 1 is 1.40 bits per heavy atom. The molecule has 0 saturated heterocycles. The van der Waals surface area contributed by atoms with E-state index < -0.39 is 34.5 Å². The van der Waals surface area contributed by atoms with Crippen molar-refractivity contribution in [2.75, 3.05) is 27.2 Å². The molecular weight excluding hydrogens is 270 g/mol. The molecule has 0 saturated carbocycles. The Balaban J connectivity index is 2.78. The number of aromatic hydroxyl groups is 1. The van der Waals surface area contributed by atoms with Crippen LogP contribution in [0.15, 0.2) is 12.1 Å². The van der Waals surface area contributed by atoms with Crippen molar-refractivity contribution in [1.82, 2.24) is 10.2 Å². The van der Waals surface area contributed by atoms with Crippen LogP contribution >= 0.6 is 0 Å². The van der Waals surface area contributed by atoms with Gasteiger partial charge in [-0.2, -0.15) is 0 Å². The van der Waals surface area contributed by atoms with Gasteiger partial charge in [-0.1, -0.05) is 0 Å². The summed E-state index contributed by atoms with van der Waals surface area (Å²) in [6.07, 6.45) is 0. The summed E-state index contributed by atoms with van der Waals surface area (Å²) in [5, 5.41) is 21.7. The largest absolute Gasteiger partial charge is 0.507 e. The van der Waals surface area contributed by atoms with Gasteiger partial charge in [0.25, 0.3) is 5.91 Å². The fraction of sp³-hybridized carbons (Fsp3) is 0.462. The zero-order chi connectivity index (χ0) is 15.5. The van der Waals surface area contributed by atoms with E-state index in [0.29, 0.717) is 12.1 Å². The first kappa shape index (κ1) is 16.3. The zero-order valence-electron chi connectivity index (χ0n) is 11.6. The van der Waals surface area contributed by atoms with Crippen LogP contribution in [0.3, 0.4) is 0 Å². The number of hydrogen-bond acceptors (Lipinski definition) is 4. The van der Waals surface area contributed by atoms with E-state index in [0.717, 1.165) is 0 Å². The Morgan fingerprint density at radius 3 is 2.50 bits per heavy atom. The first-order valence-corrected chi connectivity index (χ1v) is 5.96. The first-order valence-electron chi connectivity index (χ1n) is 5.96. The highest BCUT2D eigenvalue weighted by Gasteiger charge is 2.24. The Hall–Kier alpha value is -1.73. The van der Waals surface area contributed by atoms with Gasteiger partial charge in [0.15, 0.2) is 0 Å². The summed E-state index contributed by atoms with van der Waals surface area (Å²) in [7, 11) is 3.50. The number of phenols is 1. The lowest BCUT2D eigenvalue weighted by molar-refractivity contribution is 0.0324. The first-order chi connectivity index (χ1) is 9.12. The maximum absolute atomic E-state index is 13.5. The van der Waals surface area contributed by atoms with Crippen molar-refractivity contribution in [1.29, 1.82) is 0 Å². The van der Waals surface area contributed by atoms with Crippen molar-refractivity contribution in [2.45, 2.75) is 12.5 Å². The van der Waals surface area contributed by atoms with Crippen molar-refractivity contribution in [3.8, 4) is 5.75 Å². The topological polar surface area (TPSA) is 72.8 Å². The van der Waals surface area contributed by atoms with Crippen LogP contribution in [0.2, 0.25) is 0 Å². The van der Waals surface area contributed by atoms with Gasteiger partial charge in [-0.25, -0.2) is 8.78 Å². The van der Waals surface area contributed by atoms with Crippen LogP contribution in [-0.2, 0) is 0 Å². The molecule has 0 radical (unpaired) electrons. The van der Waals surface area contributed by atoms with Crippen LogP contribution in [-0.4, -0.2) is 53.8 Å². The number of nitrogens with zero attached hydrogens (tertiary/aromatic N) is 1. The molecule has 0 aliphatic heterocycles. The van der Waals surface area contributed by atoms with E-state index in [1.165, 1.54) is 6.92 Å². The van der Waals surface area contributed by atoms with E-state index in [-0.39, 0.29) is 13.1 Å². The number of carbonyl (C=O) groups is 1. The number of nitrogens with one attached hydrogen (secondary N) is 1. The van der Waals surface area contributed by atoms with Crippen LogP contribution in [0.1, 0.15) is 17.3 Å². The highest BCUT2D eigenvalue weighted by atomic mass is 19.1. The van der Waals surface area contributed by atoms with Gasteiger partial charge in [0.2, 0.25) is 0 Å². The third-order valence-electron chi connectivity index (χ3n) is 2.55. The maximum Gasteiger partial charge on any atom is 0.258 e. The van der Waals surface area contributed by atoms with E-state index in [1.807, 2.05) is 0 Å². The SMILES string of the molecule is CN(C)CC(C)(O)CNC(=O)c1c(O)cc(F)cc1F. The smallest absolute Gasteiger partial charge is 0.258 e. The minimum atomic E-state index is -1.22. The molecule has 1 aromatic carbocycles. The van der Waals surface area contributed by atoms with Crippen LogP contribution in [0, 0.1) is 11.6 Å². The van der Waals surface area contributed by atoms with E-state index >= 15 is 0 Å². The third kappa shape index (κ3) is 4.43. The summed E-state index contributed by atoms with van der Waals surface area (Å²) >= 11 is 0. The monoisotopic (exact) mass is 288 g/mol. The number of benzene rings is 1. The number of likely N-dealkylation sites (N-methyl/N-ethyl adjacent to an activating group) is 1. The minimum Gasteiger partial charge on any atom is -0.507 e. The van der Waals surface area contributed by atoms with Gasteiger partial charge in [-0.05, 0) is 21.0 Å². The Bertz CT molecular complexity index is 481. The number of phenolic OH excluding ortho intramolecular Hbond substituents is 1. The quantitative estimate of drug-likeness (QED) is 0.746. The van der Waals surface area contributed by atoms with Gasteiger partial charge in [0, 0.05) is 25.2 Å². The summed E-state index contributed by atoms with van der Waals surface area (Å²) in [6.45, 7) is 1.65. The highest BCUT2D eigenvalue weighted by molar-refractivity contribution is 5.97. The molecule has 0 spiro atoms. The molecule has 0 heterocycles. The molecule has 0 fully saturated rings. The molecule has 3 N–H and O–H groups in total. The van der Waals surface area contributed by atoms with Gasteiger partial charge in [0.1, 0.15) is 22.9 Å². The van der Waals surface area contributed by atoms with E-state index in [4.69, 9.17) is 0 Å². The summed E-state index contributed by atoms with van der Waals surface area (Å²) in [6, 6.07) is 1.16. The van der Waals surface area contributed by atoms with Crippen molar-refractivity contribution in [3.63, 3.8) is 0 Å². The summed E-state index contributed by atoms with van der Waals surface area (Å²) in [5.41, 5.74) is -1.86. The zero-order valence-corrected chi connectivity index (χ0v) is 11.6. The lowest BCUT2D eigenvalue weighted by Crippen LogP contribution is -2.47. The predicted molar refractivity (Wildman–Crippen MR) is 69.5 cm³/mol. The van der Waals surface area contributed by atoms with Gasteiger partial charge < -0.3 is 20.4 Å². The second-order valence-corrected chi connectivity index (χ2v) is 5.20. The van der Waals surface area contributed by atoms with Crippen LogP contribution in [0.25, 0.3) is 0 Å². The molecule has 20 heavy (non-hydrogen) atoms. The van der Waals surface area contributed by atoms with Gasteiger partial charge in [-0.15, -0.1) is 0 Å². The Kier molecular flexibility index (Phi) is 5.02. The number of aliphatic hydroxyl groups is 1. The molecule has 1 aromatic rings. The molecule has 112 valence electrons. The summed E-state index contributed by atoms with van der Waals surface area (Å²) in [5.74, 6) is -3.84. The van der Waals surface area contributed by atoms with Crippen molar-refractivity contribution < 1.29 is 23.8 Å². The Labute approximate surface area is 115 Å². The maximum atomic E-state index is 13.5. The van der Waals surface area contributed by atoms with Crippen LogP contribution in [0.4, 0.5) is 8.78 Å². The average Bonchev–Trinajstić information content (AvgIpc) is 2.23. The predicted octanol–water partition coefficient (Wildman–Crippen LogP) is 0.713. The second-order valence-electron chi connectivity index (χ2n) is 5.20. The number of hydrogen-bond donors (Lipinski definition) is 3. The molecule has 0 aromatic heterocycles. The van der Waals surface area contributed by atoms with Crippen molar-refractivity contribution >= 4 is 5.91 Å². The number of carbonyl (C=O) groups excluding carboxylic acids is 1. The van der Waals surface area contributed by atoms with Gasteiger partial charge in [0.05, 0.1) is 5.60 Å². The van der Waals surface area contributed by atoms with E-state index in [2.05, 4.69) is 5.32 Å². The summed E-state index contributed by atoms with van der Waals surface area (Å²) in [4.78, 5) is 13.5. The molecule has 5 nitrogen and oxygen atoms in total. The molecule has 1 amide bonds. The molecule has 0 aliphatic carbocycles. The normalized spacial score (nSPS) is 14.2. The molecule has 1 unspecified atom stereocenters. The minimum absolute atomic E-state index is 0.139. The third-order valence-corrected chi connectivity index (χ3v) is 2.55. The number of halogens is 2. The molecular formula is C13H18F2N2O3. The van der Waals surface area contributed by atoms with E-state index in [9.17, 15) is 23.8 Å². The molecule has 1 atom stereocenters. The average molecular weight is 288 g/mol. The van der Waals surface area contributed by atoms with Gasteiger partial charge >= 0.3 is 0 Å².